The minimum Gasteiger partial charge on any atom is -0.355 e. The van der Waals surface area contributed by atoms with E-state index in [4.69, 9.17) is 17.2 Å². The molecule has 0 saturated carbocycles. The maximum atomic E-state index is 13.6. The molecule has 0 radical (unpaired) electrons. The normalized spacial score (nSPS) is 23.1. The van der Waals surface area contributed by atoms with Crippen molar-refractivity contribution in [2.24, 2.45) is 11.8 Å². The lowest BCUT2D eigenvalue weighted by Gasteiger charge is -2.36. The maximum Gasteiger partial charge on any atom is 0.267 e. The van der Waals surface area contributed by atoms with Crippen LogP contribution in [0, 0.1) is 18.8 Å². The van der Waals surface area contributed by atoms with Gasteiger partial charge in [0.25, 0.3) is 11.5 Å². The van der Waals surface area contributed by atoms with Crippen LogP contribution in [0.4, 0.5) is 5.82 Å². The van der Waals surface area contributed by atoms with Crippen molar-refractivity contribution in [2.45, 2.75) is 47.0 Å². The molecular weight excluding hydrogens is 440 g/mol. The van der Waals surface area contributed by atoms with Gasteiger partial charge in [0.2, 0.25) is 0 Å². The highest BCUT2D eigenvalue weighted by molar-refractivity contribution is 8.26. The predicted molar refractivity (Wildman–Crippen MR) is 136 cm³/mol. The van der Waals surface area contributed by atoms with Gasteiger partial charge < -0.3 is 4.90 Å². The van der Waals surface area contributed by atoms with Crippen LogP contribution in [0.25, 0.3) is 11.7 Å². The van der Waals surface area contributed by atoms with Crippen molar-refractivity contribution in [3.8, 4) is 0 Å². The molecule has 8 heteroatoms. The van der Waals surface area contributed by atoms with Gasteiger partial charge in [0, 0.05) is 25.8 Å². The summed E-state index contributed by atoms with van der Waals surface area (Å²) in [5, 5.41) is 0. The minimum atomic E-state index is -0.154. The van der Waals surface area contributed by atoms with E-state index in [9.17, 15) is 9.59 Å². The molecule has 2 aliphatic rings. The topological polar surface area (TPSA) is 57.9 Å². The number of hydrogen-bond acceptors (Lipinski definition) is 6. The summed E-state index contributed by atoms with van der Waals surface area (Å²) in [6.45, 7) is 10.8. The highest BCUT2D eigenvalue weighted by Crippen LogP contribution is 2.34. The number of thioether (sulfide) groups is 1. The van der Waals surface area contributed by atoms with E-state index < -0.39 is 0 Å². The Hall–Kier alpha value is -2.19. The summed E-state index contributed by atoms with van der Waals surface area (Å²) >= 11 is 6.73. The summed E-state index contributed by atoms with van der Waals surface area (Å²) < 4.78 is 2.14. The second kappa shape index (κ2) is 9.35. The van der Waals surface area contributed by atoms with Gasteiger partial charge in [0.1, 0.15) is 15.8 Å². The molecule has 2 aromatic heterocycles. The number of aryl methyl sites for hydroxylation is 1. The number of carbonyl (C=O) groups is 1. The molecule has 0 N–H and O–H groups in total. The number of pyridine rings is 1. The molecule has 170 valence electrons. The Morgan fingerprint density at radius 3 is 2.62 bits per heavy atom. The van der Waals surface area contributed by atoms with E-state index in [0.717, 1.165) is 37.9 Å². The number of nitrogens with zero attached hydrogens (tertiary/aromatic N) is 4. The van der Waals surface area contributed by atoms with E-state index in [2.05, 4.69) is 25.7 Å². The van der Waals surface area contributed by atoms with Gasteiger partial charge in [0.15, 0.2) is 0 Å². The third-order valence-corrected chi connectivity index (χ3v) is 7.42. The Bertz CT molecular complexity index is 1150. The van der Waals surface area contributed by atoms with Gasteiger partial charge in [-0.15, -0.1) is 0 Å². The third kappa shape index (κ3) is 4.48. The van der Waals surface area contributed by atoms with Gasteiger partial charge in [-0.1, -0.05) is 57.2 Å². The van der Waals surface area contributed by atoms with Crippen molar-refractivity contribution in [1.29, 1.82) is 0 Å². The van der Waals surface area contributed by atoms with Crippen LogP contribution in [0.15, 0.2) is 28.0 Å². The smallest absolute Gasteiger partial charge is 0.267 e. The number of fused-ring (bicyclic) bond motifs is 1. The summed E-state index contributed by atoms with van der Waals surface area (Å²) in [5.74, 6) is 1.57. The van der Waals surface area contributed by atoms with Crippen LogP contribution in [-0.2, 0) is 4.79 Å². The van der Waals surface area contributed by atoms with Crippen molar-refractivity contribution in [2.75, 3.05) is 24.5 Å². The Labute approximate surface area is 198 Å². The van der Waals surface area contributed by atoms with E-state index >= 15 is 0 Å². The molecule has 0 aliphatic carbocycles. The van der Waals surface area contributed by atoms with E-state index in [1.54, 1.807) is 21.6 Å². The number of anilines is 1. The van der Waals surface area contributed by atoms with Gasteiger partial charge in [0.05, 0.1) is 10.5 Å². The minimum absolute atomic E-state index is 0.117. The average molecular weight is 471 g/mol. The molecule has 4 rings (SSSR count). The van der Waals surface area contributed by atoms with E-state index in [1.807, 2.05) is 19.1 Å². The van der Waals surface area contributed by atoms with Crippen LogP contribution in [0.3, 0.4) is 0 Å². The van der Waals surface area contributed by atoms with Crippen molar-refractivity contribution in [3.63, 3.8) is 0 Å². The zero-order valence-corrected chi connectivity index (χ0v) is 20.8. The Morgan fingerprint density at radius 1 is 1.22 bits per heavy atom. The fourth-order valence-corrected chi connectivity index (χ4v) is 5.88. The predicted octanol–water partition coefficient (Wildman–Crippen LogP) is 4.49. The fraction of sp³-hybridized carbons (Fsp3) is 0.500. The Kier molecular flexibility index (Phi) is 6.72. The number of hydrogen-bond donors (Lipinski definition) is 0. The summed E-state index contributed by atoms with van der Waals surface area (Å²) in [4.78, 5) is 35.9. The second-order valence-corrected chi connectivity index (χ2v) is 10.8. The first-order valence-corrected chi connectivity index (χ1v) is 12.5. The van der Waals surface area contributed by atoms with Gasteiger partial charge in [-0.2, -0.15) is 0 Å². The number of amides is 1. The van der Waals surface area contributed by atoms with E-state index in [1.165, 1.54) is 11.8 Å². The molecule has 0 unspecified atom stereocenters. The summed E-state index contributed by atoms with van der Waals surface area (Å²) in [6.07, 6.45) is 6.57. The average Bonchev–Trinajstić information content (AvgIpc) is 3.00. The molecule has 2 aromatic rings. The van der Waals surface area contributed by atoms with Gasteiger partial charge in [-0.3, -0.25) is 18.9 Å². The molecule has 0 bridgehead atoms. The van der Waals surface area contributed by atoms with Gasteiger partial charge in [-0.25, -0.2) is 4.98 Å². The molecular formula is C24H30N4O2S2. The standard InChI is InChI=1S/C24H30N4O2S2/c1-5-6-9-27-23(30)19(32-24(27)31)11-18-21(26-12-16(3)10-17(4)13-26)25-20-8-7-15(2)14-28(20)22(18)29/h7-8,11,14,16-17H,5-6,9-10,12-13H2,1-4H3/b19-11+/t16-,17+. The van der Waals surface area contributed by atoms with E-state index in [-0.39, 0.29) is 11.5 Å². The highest BCUT2D eigenvalue weighted by Gasteiger charge is 2.33. The van der Waals surface area contributed by atoms with Crippen LogP contribution in [-0.4, -0.2) is 44.1 Å². The summed E-state index contributed by atoms with van der Waals surface area (Å²) in [7, 11) is 0. The monoisotopic (exact) mass is 470 g/mol. The third-order valence-electron chi connectivity index (χ3n) is 6.04. The maximum absolute atomic E-state index is 13.6. The fourth-order valence-electron chi connectivity index (χ4n) is 4.59. The van der Waals surface area contributed by atoms with Crippen molar-refractivity contribution in [1.82, 2.24) is 14.3 Å². The molecule has 1 amide bonds. The first kappa shape index (κ1) is 23.0. The lowest BCUT2D eigenvalue weighted by atomic mass is 9.91. The quantitative estimate of drug-likeness (QED) is 0.474. The highest BCUT2D eigenvalue weighted by atomic mass is 32.2. The van der Waals surface area contributed by atoms with Gasteiger partial charge in [-0.05, 0) is 49.3 Å². The number of unbranched alkanes of at least 4 members (excludes halogenated alkanes) is 1. The van der Waals surface area contributed by atoms with Crippen molar-refractivity contribution < 1.29 is 4.79 Å². The molecule has 4 heterocycles. The molecule has 2 atom stereocenters. The molecule has 0 spiro atoms. The Balaban J connectivity index is 1.84. The zero-order valence-electron chi connectivity index (χ0n) is 19.1. The lowest BCUT2D eigenvalue weighted by molar-refractivity contribution is -0.122. The first-order valence-electron chi connectivity index (χ1n) is 11.3. The molecule has 0 aromatic carbocycles. The van der Waals surface area contributed by atoms with Crippen LogP contribution < -0.4 is 10.5 Å². The lowest BCUT2D eigenvalue weighted by Crippen LogP contribution is -2.40. The van der Waals surface area contributed by atoms with E-state index in [0.29, 0.717) is 44.6 Å². The molecule has 2 fully saturated rings. The summed E-state index contributed by atoms with van der Waals surface area (Å²) in [6, 6.07) is 3.84. The van der Waals surface area contributed by atoms with Crippen LogP contribution in [0.1, 0.15) is 51.2 Å². The summed E-state index contributed by atoms with van der Waals surface area (Å²) in [5.41, 5.74) is 1.91. The van der Waals surface area contributed by atoms with Crippen molar-refractivity contribution in [3.05, 3.63) is 44.7 Å². The van der Waals surface area contributed by atoms with Crippen LogP contribution >= 0.6 is 24.0 Å². The first-order chi connectivity index (χ1) is 15.3. The number of rotatable bonds is 5. The number of thiocarbonyl (C=S) groups is 1. The molecule has 6 nitrogen and oxygen atoms in total. The number of piperidine rings is 1. The zero-order chi connectivity index (χ0) is 23.0. The van der Waals surface area contributed by atoms with Crippen molar-refractivity contribution >= 4 is 51.7 Å². The number of carbonyl (C=O) groups excluding carboxylic acids is 1. The largest absolute Gasteiger partial charge is 0.355 e. The molecule has 2 saturated heterocycles. The molecule has 32 heavy (non-hydrogen) atoms. The molecule has 2 aliphatic heterocycles. The SMILES string of the molecule is CCCCN1C(=O)/C(=C\c2c(N3C[C@H](C)C[C@H](C)C3)nc3ccc(C)cn3c2=O)SC1=S. The Morgan fingerprint density at radius 2 is 1.94 bits per heavy atom. The van der Waals surface area contributed by atoms with Crippen LogP contribution in [0.5, 0.6) is 0 Å². The number of aromatic nitrogens is 2. The van der Waals surface area contributed by atoms with Gasteiger partial charge >= 0.3 is 0 Å². The van der Waals surface area contributed by atoms with Crippen LogP contribution in [0.2, 0.25) is 0 Å². The second-order valence-electron chi connectivity index (χ2n) is 9.13.